The molecular formula is C7H17ClNO+. The Hall–Kier alpha value is 0.210. The molecular weight excluding hydrogens is 150 g/mol. The highest BCUT2D eigenvalue weighted by molar-refractivity contribution is 6.18. The summed E-state index contributed by atoms with van der Waals surface area (Å²) in [5.41, 5.74) is 0. The average molecular weight is 167 g/mol. The number of alkyl halides is 1. The minimum Gasteiger partial charge on any atom is -0.328 e. The zero-order valence-electron chi connectivity index (χ0n) is 7.22. The smallest absolute Gasteiger partial charge is 0.206 e. The summed E-state index contributed by atoms with van der Waals surface area (Å²) in [5, 5.41) is 0. The summed E-state index contributed by atoms with van der Waals surface area (Å²) in [5.74, 6) is 0.553. The van der Waals surface area contributed by atoms with E-state index in [1.165, 1.54) is 0 Å². The molecule has 0 spiro atoms. The second-order valence-corrected chi connectivity index (χ2v) is 3.49. The van der Waals surface area contributed by atoms with Crippen molar-refractivity contribution in [2.24, 2.45) is 0 Å². The molecule has 0 rings (SSSR count). The van der Waals surface area contributed by atoms with Gasteiger partial charge in [-0.05, 0) is 6.92 Å². The Morgan fingerprint density at radius 2 is 1.90 bits per heavy atom. The summed E-state index contributed by atoms with van der Waals surface area (Å²) in [6.45, 7) is 2.71. The maximum absolute atomic E-state index is 5.69. The van der Waals surface area contributed by atoms with Crippen molar-refractivity contribution in [3.63, 3.8) is 0 Å². The van der Waals surface area contributed by atoms with E-state index in [1.54, 1.807) is 0 Å². The zero-order valence-corrected chi connectivity index (χ0v) is 7.98. The monoisotopic (exact) mass is 166 g/mol. The van der Waals surface area contributed by atoms with E-state index in [0.29, 0.717) is 5.88 Å². The third kappa shape index (κ3) is 3.40. The number of ether oxygens (including phenoxy) is 1. The summed E-state index contributed by atoms with van der Waals surface area (Å²) >= 11 is 5.69. The molecule has 0 aliphatic heterocycles. The fourth-order valence-electron chi connectivity index (χ4n) is 0.668. The Morgan fingerprint density at radius 3 is 2.00 bits per heavy atom. The second kappa shape index (κ2) is 4.16. The van der Waals surface area contributed by atoms with Crippen molar-refractivity contribution in [1.29, 1.82) is 0 Å². The van der Waals surface area contributed by atoms with Crippen molar-refractivity contribution >= 4 is 11.6 Å². The van der Waals surface area contributed by atoms with E-state index in [9.17, 15) is 0 Å². The molecule has 0 radical (unpaired) electrons. The quantitative estimate of drug-likeness (QED) is 0.348. The van der Waals surface area contributed by atoms with Gasteiger partial charge in [0.15, 0.2) is 0 Å². The topological polar surface area (TPSA) is 9.23 Å². The van der Waals surface area contributed by atoms with Crippen LogP contribution in [-0.2, 0) is 4.74 Å². The standard InChI is InChI=1S/C7H17ClNO/c1-5-10-7(6-8)9(2,3)4/h7H,5-6H2,1-4H3/q+1. The van der Waals surface area contributed by atoms with E-state index >= 15 is 0 Å². The lowest BCUT2D eigenvalue weighted by Crippen LogP contribution is -2.47. The van der Waals surface area contributed by atoms with Crippen LogP contribution in [0.3, 0.4) is 0 Å². The van der Waals surface area contributed by atoms with Crippen LogP contribution < -0.4 is 0 Å². The van der Waals surface area contributed by atoms with Gasteiger partial charge in [-0.1, -0.05) is 0 Å². The Bertz CT molecular complexity index is 90.1. The van der Waals surface area contributed by atoms with Crippen LogP contribution in [0.1, 0.15) is 6.92 Å². The maximum Gasteiger partial charge on any atom is 0.206 e. The second-order valence-electron chi connectivity index (χ2n) is 3.18. The Labute approximate surface area is 68.3 Å². The summed E-state index contributed by atoms with van der Waals surface area (Å²) in [6.07, 6.45) is 0.117. The van der Waals surface area contributed by atoms with Crippen LogP contribution >= 0.6 is 11.6 Å². The molecule has 0 fully saturated rings. The first-order chi connectivity index (χ1) is 4.52. The predicted octanol–water partition coefficient (Wildman–Crippen LogP) is 1.29. The lowest BCUT2D eigenvalue weighted by Gasteiger charge is -2.31. The molecule has 0 aliphatic carbocycles. The normalized spacial score (nSPS) is 15.3. The molecule has 0 amide bonds. The minimum absolute atomic E-state index is 0.117. The first-order valence-electron chi connectivity index (χ1n) is 3.51. The number of halogens is 1. The minimum atomic E-state index is 0.117. The average Bonchev–Trinajstić information content (AvgIpc) is 1.80. The molecule has 0 aromatic heterocycles. The fourth-order valence-corrected chi connectivity index (χ4v) is 1.17. The fraction of sp³-hybridized carbons (Fsp3) is 1.00. The molecule has 0 heterocycles. The van der Waals surface area contributed by atoms with Gasteiger partial charge in [-0.15, -0.1) is 11.6 Å². The number of quaternary nitrogens is 1. The van der Waals surface area contributed by atoms with Crippen LogP contribution in [0.25, 0.3) is 0 Å². The summed E-state index contributed by atoms with van der Waals surface area (Å²) < 4.78 is 6.16. The summed E-state index contributed by atoms with van der Waals surface area (Å²) in [6, 6.07) is 0. The first-order valence-corrected chi connectivity index (χ1v) is 4.04. The molecule has 2 nitrogen and oxygen atoms in total. The van der Waals surface area contributed by atoms with Crippen molar-refractivity contribution in [2.45, 2.75) is 13.2 Å². The van der Waals surface area contributed by atoms with E-state index in [0.717, 1.165) is 11.1 Å². The van der Waals surface area contributed by atoms with Gasteiger partial charge in [-0.3, -0.25) is 0 Å². The highest BCUT2D eigenvalue weighted by Crippen LogP contribution is 2.05. The lowest BCUT2D eigenvalue weighted by molar-refractivity contribution is -0.916. The Morgan fingerprint density at radius 1 is 1.40 bits per heavy atom. The SMILES string of the molecule is CCOC(CCl)[N+](C)(C)C. The Balaban J connectivity index is 3.81. The van der Waals surface area contributed by atoms with Crippen molar-refractivity contribution in [3.05, 3.63) is 0 Å². The predicted molar refractivity (Wildman–Crippen MR) is 44.2 cm³/mol. The van der Waals surface area contributed by atoms with Crippen LogP contribution in [0.4, 0.5) is 0 Å². The van der Waals surface area contributed by atoms with Crippen LogP contribution in [0.2, 0.25) is 0 Å². The number of nitrogens with zero attached hydrogens (tertiary/aromatic N) is 1. The molecule has 0 saturated heterocycles. The van der Waals surface area contributed by atoms with Gasteiger partial charge >= 0.3 is 0 Å². The molecule has 3 heteroatoms. The van der Waals surface area contributed by atoms with Crippen molar-refractivity contribution in [1.82, 2.24) is 0 Å². The summed E-state index contributed by atoms with van der Waals surface area (Å²) in [7, 11) is 6.22. The van der Waals surface area contributed by atoms with Gasteiger partial charge in [-0.25, -0.2) is 0 Å². The van der Waals surface area contributed by atoms with E-state index in [4.69, 9.17) is 16.3 Å². The molecule has 10 heavy (non-hydrogen) atoms. The van der Waals surface area contributed by atoms with Gasteiger partial charge in [0.2, 0.25) is 6.23 Å². The van der Waals surface area contributed by atoms with E-state index in [-0.39, 0.29) is 6.23 Å². The van der Waals surface area contributed by atoms with Gasteiger partial charge in [0.1, 0.15) is 5.88 Å². The number of rotatable bonds is 4. The van der Waals surface area contributed by atoms with Crippen molar-refractivity contribution in [2.75, 3.05) is 33.6 Å². The van der Waals surface area contributed by atoms with Gasteiger partial charge in [0.25, 0.3) is 0 Å². The van der Waals surface area contributed by atoms with Crippen molar-refractivity contribution < 1.29 is 9.22 Å². The van der Waals surface area contributed by atoms with Crippen LogP contribution in [0.15, 0.2) is 0 Å². The molecule has 62 valence electrons. The molecule has 0 aliphatic rings. The highest BCUT2D eigenvalue weighted by atomic mass is 35.5. The highest BCUT2D eigenvalue weighted by Gasteiger charge is 2.22. The van der Waals surface area contributed by atoms with Gasteiger partial charge in [0.05, 0.1) is 27.7 Å². The Kier molecular flexibility index (Phi) is 4.25. The largest absolute Gasteiger partial charge is 0.328 e. The van der Waals surface area contributed by atoms with Gasteiger partial charge in [0, 0.05) is 0 Å². The molecule has 0 N–H and O–H groups in total. The van der Waals surface area contributed by atoms with Crippen LogP contribution in [-0.4, -0.2) is 44.3 Å². The summed E-state index contributed by atoms with van der Waals surface area (Å²) in [4.78, 5) is 0. The number of hydrogen-bond acceptors (Lipinski definition) is 1. The molecule has 1 unspecified atom stereocenters. The first kappa shape index (κ1) is 10.2. The van der Waals surface area contributed by atoms with Gasteiger partial charge < -0.3 is 9.22 Å². The molecule has 0 aromatic rings. The van der Waals surface area contributed by atoms with E-state index in [1.807, 2.05) is 6.92 Å². The van der Waals surface area contributed by atoms with Crippen LogP contribution in [0, 0.1) is 0 Å². The number of hydrogen-bond donors (Lipinski definition) is 0. The lowest BCUT2D eigenvalue weighted by atomic mass is 10.5. The van der Waals surface area contributed by atoms with Crippen LogP contribution in [0.5, 0.6) is 0 Å². The third-order valence-electron chi connectivity index (χ3n) is 1.36. The zero-order chi connectivity index (χ0) is 8.20. The molecule has 0 aromatic carbocycles. The molecule has 0 saturated carbocycles. The van der Waals surface area contributed by atoms with Crippen molar-refractivity contribution in [3.8, 4) is 0 Å². The van der Waals surface area contributed by atoms with Gasteiger partial charge in [-0.2, -0.15) is 0 Å². The molecule has 0 bridgehead atoms. The molecule has 1 atom stereocenters. The third-order valence-corrected chi connectivity index (χ3v) is 1.62. The van der Waals surface area contributed by atoms with E-state index in [2.05, 4.69) is 21.1 Å². The van der Waals surface area contributed by atoms with E-state index < -0.39 is 0 Å². The maximum atomic E-state index is 5.69.